The smallest absolute Gasteiger partial charge is 0.235 e. The minimum absolute atomic E-state index is 0.118. The van der Waals surface area contributed by atoms with Crippen LogP contribution in [0, 0.1) is 11.8 Å². The van der Waals surface area contributed by atoms with Crippen molar-refractivity contribution in [2.24, 2.45) is 11.8 Å². The van der Waals surface area contributed by atoms with Crippen LogP contribution >= 0.6 is 50.7 Å². The van der Waals surface area contributed by atoms with Crippen LogP contribution in [0.15, 0.2) is 71.2 Å². The van der Waals surface area contributed by atoms with Crippen LogP contribution < -0.4 is 5.32 Å². The summed E-state index contributed by atoms with van der Waals surface area (Å²) >= 11 is 24.3. The number of hydrogen-bond acceptors (Lipinski definition) is 3. The van der Waals surface area contributed by atoms with E-state index in [2.05, 4.69) is 21.2 Å². The summed E-state index contributed by atoms with van der Waals surface area (Å²) in [7, 11) is 0. The van der Waals surface area contributed by atoms with Gasteiger partial charge in [-0.2, -0.15) is 0 Å². The second-order valence-electron chi connectivity index (χ2n) is 10.3. The highest BCUT2D eigenvalue weighted by atomic mass is 79.9. The topological polar surface area (TPSA) is 66.5 Å². The number of benzene rings is 3. The largest absolute Gasteiger partial charge is 0.326 e. The summed E-state index contributed by atoms with van der Waals surface area (Å²) in [4.78, 5) is 39.0. The van der Waals surface area contributed by atoms with Crippen molar-refractivity contribution < 1.29 is 14.4 Å². The molecule has 9 heteroatoms. The zero-order valence-electron chi connectivity index (χ0n) is 20.7. The van der Waals surface area contributed by atoms with Crippen LogP contribution in [-0.2, 0) is 24.1 Å². The van der Waals surface area contributed by atoms with Gasteiger partial charge in [-0.3, -0.25) is 19.3 Å². The molecule has 0 saturated carbocycles. The van der Waals surface area contributed by atoms with E-state index in [0.29, 0.717) is 36.4 Å². The van der Waals surface area contributed by atoms with Crippen LogP contribution in [-0.4, -0.2) is 29.2 Å². The van der Waals surface area contributed by atoms with Crippen molar-refractivity contribution in [2.75, 3.05) is 11.9 Å². The molecule has 1 heterocycles. The predicted octanol–water partition coefficient (Wildman–Crippen LogP) is 7.19. The summed E-state index contributed by atoms with van der Waals surface area (Å²) in [6.45, 7) is 0.265. The van der Waals surface area contributed by atoms with Gasteiger partial charge in [-0.05, 0) is 69.2 Å². The van der Waals surface area contributed by atoms with Crippen molar-refractivity contribution in [1.82, 2.24) is 4.90 Å². The predicted molar refractivity (Wildman–Crippen MR) is 156 cm³/mol. The van der Waals surface area contributed by atoms with E-state index in [0.717, 1.165) is 26.7 Å². The number of carbonyl (C=O) groups is 3. The zero-order valence-corrected chi connectivity index (χ0v) is 24.6. The molecule has 0 aromatic heterocycles. The number of rotatable bonds is 7. The van der Waals surface area contributed by atoms with E-state index in [9.17, 15) is 14.4 Å². The Morgan fingerprint density at radius 3 is 1.82 bits per heavy atom. The second-order valence-corrected chi connectivity index (χ2v) is 12.7. The molecule has 39 heavy (non-hydrogen) atoms. The quantitative estimate of drug-likeness (QED) is 0.168. The van der Waals surface area contributed by atoms with Crippen LogP contribution in [0.1, 0.15) is 47.9 Å². The normalized spacial score (nSPS) is 26.3. The van der Waals surface area contributed by atoms with Crippen molar-refractivity contribution in [3.63, 3.8) is 0 Å². The molecule has 4 aliphatic rings. The molecule has 3 aromatic carbocycles. The molecule has 1 fully saturated rings. The molecule has 3 amide bonds. The number of hydrogen-bond donors (Lipinski definition) is 1. The van der Waals surface area contributed by atoms with Crippen molar-refractivity contribution in [2.45, 2.75) is 35.4 Å². The lowest BCUT2D eigenvalue weighted by Gasteiger charge is -2.54. The molecule has 0 radical (unpaired) electrons. The summed E-state index contributed by atoms with van der Waals surface area (Å²) in [5.41, 5.74) is 3.81. The van der Waals surface area contributed by atoms with E-state index < -0.39 is 21.6 Å². The van der Waals surface area contributed by atoms with Gasteiger partial charge in [0.15, 0.2) is 0 Å². The van der Waals surface area contributed by atoms with Crippen molar-refractivity contribution in [3.8, 4) is 0 Å². The minimum Gasteiger partial charge on any atom is -0.326 e. The SMILES string of the molecule is O=C(CCCCCN1C(=O)[C@@H]2[C@H](C1=O)C1(Cl)c3ccccc3C2(Cl)c2ccccc21)Nc1ccc(Br)c(Cl)c1. The Balaban J connectivity index is 1.15. The number of amides is 3. The number of halogens is 4. The molecule has 0 unspecified atom stereocenters. The number of nitrogens with one attached hydrogen (secondary N) is 1. The standard InChI is InChI=1S/C30H24BrCl3N2O3/c31-22-14-13-17(16-23(22)32)35-24(37)12-2-1-7-15-36-27(38)25-26(28(36)39)30(34)19-9-4-3-8-18(19)29(25,33)20-10-5-6-11-21(20)30/h3-6,8-11,13-14,16,25-26H,1-2,7,12,15H2,(H,35,37)/t25-,26+,29?,30?. The summed E-state index contributed by atoms with van der Waals surface area (Å²) in [6, 6.07) is 20.5. The number of nitrogens with zero attached hydrogens (tertiary/aromatic N) is 1. The number of carbonyl (C=O) groups excluding carboxylic acids is 3. The van der Waals surface area contributed by atoms with Gasteiger partial charge in [-0.1, -0.05) is 66.6 Å². The Morgan fingerprint density at radius 1 is 0.821 bits per heavy atom. The van der Waals surface area contributed by atoms with Gasteiger partial charge in [0.05, 0.1) is 16.9 Å². The van der Waals surface area contributed by atoms with Gasteiger partial charge in [0.2, 0.25) is 17.7 Å². The van der Waals surface area contributed by atoms with Gasteiger partial charge in [0, 0.05) is 23.1 Å². The number of imide groups is 1. The monoisotopic (exact) mass is 644 g/mol. The number of anilines is 1. The van der Waals surface area contributed by atoms with Crippen molar-refractivity contribution in [3.05, 3.63) is 98.5 Å². The average Bonchev–Trinajstić information content (AvgIpc) is 3.19. The fourth-order valence-corrected chi connectivity index (χ4v) is 8.00. The van der Waals surface area contributed by atoms with Gasteiger partial charge in [0.1, 0.15) is 9.75 Å². The molecule has 1 aliphatic heterocycles. The lowest BCUT2D eigenvalue weighted by Crippen LogP contribution is -2.57. The number of unbranched alkanes of at least 4 members (excludes halogenated alkanes) is 2. The van der Waals surface area contributed by atoms with E-state index >= 15 is 0 Å². The first kappa shape index (κ1) is 26.8. The lowest BCUT2D eigenvalue weighted by atomic mass is 9.54. The minimum atomic E-state index is -1.16. The maximum atomic E-state index is 13.8. The highest BCUT2D eigenvalue weighted by molar-refractivity contribution is 9.10. The summed E-state index contributed by atoms with van der Waals surface area (Å²) < 4.78 is 0.758. The highest BCUT2D eigenvalue weighted by Gasteiger charge is 2.72. The third-order valence-electron chi connectivity index (χ3n) is 8.17. The van der Waals surface area contributed by atoms with E-state index in [-0.39, 0.29) is 24.3 Å². The van der Waals surface area contributed by atoms with Gasteiger partial charge in [-0.15, -0.1) is 23.2 Å². The van der Waals surface area contributed by atoms with E-state index in [1.807, 2.05) is 48.5 Å². The van der Waals surface area contributed by atoms with Crippen LogP contribution in [0.25, 0.3) is 0 Å². The van der Waals surface area contributed by atoms with Gasteiger partial charge in [0.25, 0.3) is 0 Å². The first-order valence-electron chi connectivity index (χ1n) is 12.9. The molecular weight excluding hydrogens is 623 g/mol. The third kappa shape index (κ3) is 3.98. The second kappa shape index (κ2) is 9.91. The maximum absolute atomic E-state index is 13.8. The van der Waals surface area contributed by atoms with Crippen LogP contribution in [0.2, 0.25) is 5.02 Å². The summed E-state index contributed by atoms with van der Waals surface area (Å²) in [6.07, 6.45) is 2.20. The third-order valence-corrected chi connectivity index (χ3v) is 10.7. The Morgan fingerprint density at radius 2 is 1.33 bits per heavy atom. The van der Waals surface area contributed by atoms with E-state index in [4.69, 9.17) is 34.8 Å². The van der Waals surface area contributed by atoms with Crippen LogP contribution in [0.5, 0.6) is 0 Å². The Labute approximate surface area is 249 Å². The molecule has 200 valence electrons. The molecule has 2 bridgehead atoms. The first-order valence-corrected chi connectivity index (χ1v) is 14.8. The fourth-order valence-electron chi connectivity index (χ4n) is 6.47. The molecule has 2 atom stereocenters. The Kier molecular flexibility index (Phi) is 6.82. The Hall–Kier alpha value is -2.38. The Bertz CT molecular complexity index is 1410. The molecule has 1 N–H and O–H groups in total. The fraction of sp³-hybridized carbons (Fsp3) is 0.300. The molecule has 1 saturated heterocycles. The molecule has 5 nitrogen and oxygen atoms in total. The molecule has 3 aromatic rings. The lowest BCUT2D eigenvalue weighted by molar-refractivity contribution is -0.140. The van der Waals surface area contributed by atoms with Crippen LogP contribution in [0.3, 0.4) is 0 Å². The zero-order chi connectivity index (χ0) is 27.5. The van der Waals surface area contributed by atoms with Gasteiger partial charge < -0.3 is 5.32 Å². The van der Waals surface area contributed by atoms with Gasteiger partial charge in [-0.25, -0.2) is 0 Å². The first-order chi connectivity index (χ1) is 18.7. The molecular formula is C30H24BrCl3N2O3. The van der Waals surface area contributed by atoms with Gasteiger partial charge >= 0.3 is 0 Å². The molecule has 3 aliphatic carbocycles. The van der Waals surface area contributed by atoms with E-state index in [1.165, 1.54) is 4.90 Å². The van der Waals surface area contributed by atoms with Crippen molar-refractivity contribution in [1.29, 1.82) is 0 Å². The highest BCUT2D eigenvalue weighted by Crippen LogP contribution is 2.69. The summed E-state index contributed by atoms with van der Waals surface area (Å²) in [5, 5.41) is 3.36. The van der Waals surface area contributed by atoms with Crippen molar-refractivity contribution >= 4 is 74.1 Å². The summed E-state index contributed by atoms with van der Waals surface area (Å²) in [5.74, 6) is -2.24. The number of likely N-dealkylation sites (tertiary alicyclic amines) is 1. The average molecular weight is 647 g/mol. The van der Waals surface area contributed by atoms with Crippen LogP contribution in [0.4, 0.5) is 5.69 Å². The molecule has 0 spiro atoms. The molecule has 7 rings (SSSR count). The maximum Gasteiger partial charge on any atom is 0.235 e. The van der Waals surface area contributed by atoms with E-state index in [1.54, 1.807) is 18.2 Å². The number of alkyl halides is 2.